The molecule has 0 saturated carbocycles. The van der Waals surface area contributed by atoms with Crippen LogP contribution in [0.25, 0.3) is 0 Å². The van der Waals surface area contributed by atoms with Crippen LogP contribution in [0.4, 0.5) is 5.69 Å². The van der Waals surface area contributed by atoms with Crippen LogP contribution in [0, 0.1) is 11.3 Å². The molecule has 35 heavy (non-hydrogen) atoms. The molecule has 7 nitrogen and oxygen atoms in total. The first-order valence-corrected chi connectivity index (χ1v) is 12.3. The van der Waals surface area contributed by atoms with E-state index in [-0.39, 0.29) is 39.7 Å². The van der Waals surface area contributed by atoms with Crippen molar-refractivity contribution in [2.24, 2.45) is 0 Å². The molecule has 3 aromatic carbocycles. The molecule has 0 fully saturated rings. The highest BCUT2D eigenvalue weighted by atomic mass is 32.2. The molecule has 0 amide bonds. The van der Waals surface area contributed by atoms with Crippen molar-refractivity contribution in [3.05, 3.63) is 84.4 Å². The minimum Gasteiger partial charge on any atom is -0.497 e. The Hall–Kier alpha value is -3.96. The average Bonchev–Trinajstić information content (AvgIpc) is 2.83. The quantitative estimate of drug-likeness (QED) is 0.367. The molecule has 3 aromatic rings. The molecule has 0 radical (unpaired) electrons. The van der Waals surface area contributed by atoms with Crippen LogP contribution in [-0.2, 0) is 15.4 Å². The first-order valence-electron chi connectivity index (χ1n) is 10.8. The van der Waals surface area contributed by atoms with Gasteiger partial charge in [0.15, 0.2) is 11.5 Å². The van der Waals surface area contributed by atoms with Gasteiger partial charge in [0.2, 0.25) is 0 Å². The second kappa shape index (κ2) is 10.5. The lowest BCUT2D eigenvalue weighted by Crippen LogP contribution is -2.15. The summed E-state index contributed by atoms with van der Waals surface area (Å²) in [6.07, 6.45) is 1.54. The highest BCUT2D eigenvalue weighted by Gasteiger charge is 2.22. The predicted octanol–water partition coefficient (Wildman–Crippen LogP) is 6.02. The van der Waals surface area contributed by atoms with Gasteiger partial charge in [-0.25, -0.2) is 8.42 Å². The van der Waals surface area contributed by atoms with Crippen LogP contribution < -0.4 is 18.9 Å². The molecule has 0 unspecified atom stereocenters. The lowest BCUT2D eigenvalue weighted by molar-refractivity contribution is 0.340. The van der Waals surface area contributed by atoms with Crippen LogP contribution in [0.15, 0.2) is 78.2 Å². The number of sulfonamides is 1. The summed E-state index contributed by atoms with van der Waals surface area (Å²) in [5.41, 5.74) is 1.14. The highest BCUT2D eigenvalue weighted by molar-refractivity contribution is 7.92. The summed E-state index contributed by atoms with van der Waals surface area (Å²) >= 11 is 0. The molecular formula is C27H28N2O5S. The van der Waals surface area contributed by atoms with Gasteiger partial charge in [0.25, 0.3) is 10.0 Å². The molecule has 0 atom stereocenters. The summed E-state index contributed by atoms with van der Waals surface area (Å²) < 4.78 is 46.1. The number of anilines is 1. The van der Waals surface area contributed by atoms with E-state index in [9.17, 15) is 13.7 Å². The fourth-order valence-corrected chi connectivity index (χ4v) is 4.28. The number of nitriles is 1. The van der Waals surface area contributed by atoms with Crippen molar-refractivity contribution in [3.63, 3.8) is 0 Å². The molecule has 0 aliphatic heterocycles. The van der Waals surface area contributed by atoms with E-state index in [2.05, 4.69) is 32.1 Å². The standard InChI is InChI=1S/C27H28N2O5S/c1-6-14-33-25-16-19(18-28)15-24(26(25)34-22-9-7-8-21(17-22)32-5)29-35(30,31)23-12-10-20(11-13-23)27(2,3)4/h6-13,15-17,29H,1,14H2,2-5H3. The van der Waals surface area contributed by atoms with E-state index in [4.69, 9.17) is 14.2 Å². The Balaban J connectivity index is 2.07. The first-order chi connectivity index (χ1) is 16.6. The zero-order chi connectivity index (χ0) is 25.6. The second-order valence-electron chi connectivity index (χ2n) is 8.72. The van der Waals surface area contributed by atoms with Crippen molar-refractivity contribution in [2.75, 3.05) is 18.4 Å². The van der Waals surface area contributed by atoms with Gasteiger partial charge in [0, 0.05) is 12.1 Å². The predicted molar refractivity (Wildman–Crippen MR) is 136 cm³/mol. The summed E-state index contributed by atoms with van der Waals surface area (Å²) in [6.45, 7) is 9.92. The van der Waals surface area contributed by atoms with E-state index in [1.165, 1.54) is 25.3 Å². The molecular weight excluding hydrogens is 464 g/mol. The minimum absolute atomic E-state index is 0.0610. The third-order valence-corrected chi connectivity index (χ3v) is 6.46. The second-order valence-corrected chi connectivity index (χ2v) is 10.4. The largest absolute Gasteiger partial charge is 0.497 e. The third kappa shape index (κ3) is 6.34. The zero-order valence-corrected chi connectivity index (χ0v) is 21.0. The van der Waals surface area contributed by atoms with Crippen molar-refractivity contribution in [3.8, 4) is 29.1 Å². The monoisotopic (exact) mass is 492 g/mol. The van der Waals surface area contributed by atoms with Gasteiger partial charge in [-0.1, -0.05) is 51.6 Å². The van der Waals surface area contributed by atoms with Gasteiger partial charge < -0.3 is 14.2 Å². The highest BCUT2D eigenvalue weighted by Crippen LogP contribution is 2.41. The van der Waals surface area contributed by atoms with Gasteiger partial charge >= 0.3 is 0 Å². The number of ether oxygens (including phenoxy) is 3. The van der Waals surface area contributed by atoms with Crippen molar-refractivity contribution in [1.82, 2.24) is 0 Å². The first kappa shape index (κ1) is 25.7. The SMILES string of the molecule is C=CCOc1cc(C#N)cc(NS(=O)(=O)c2ccc(C(C)(C)C)cc2)c1Oc1cccc(OC)c1. The van der Waals surface area contributed by atoms with Crippen LogP contribution in [0.5, 0.6) is 23.0 Å². The van der Waals surface area contributed by atoms with Gasteiger partial charge in [-0.2, -0.15) is 5.26 Å². The van der Waals surface area contributed by atoms with Gasteiger partial charge in [-0.15, -0.1) is 0 Å². The van der Waals surface area contributed by atoms with Crippen molar-refractivity contribution in [2.45, 2.75) is 31.1 Å². The summed E-state index contributed by atoms with van der Waals surface area (Å²) in [4.78, 5) is 0.0775. The van der Waals surface area contributed by atoms with E-state index in [0.717, 1.165) is 5.56 Å². The van der Waals surface area contributed by atoms with Crippen LogP contribution >= 0.6 is 0 Å². The molecule has 1 N–H and O–H groups in total. The van der Waals surface area contributed by atoms with E-state index in [0.29, 0.717) is 11.5 Å². The summed E-state index contributed by atoms with van der Waals surface area (Å²) in [6, 6.07) is 18.4. The molecule has 0 bridgehead atoms. The Bertz CT molecular complexity index is 1350. The average molecular weight is 493 g/mol. The number of hydrogen-bond donors (Lipinski definition) is 1. The normalized spacial score (nSPS) is 11.3. The van der Waals surface area contributed by atoms with Gasteiger partial charge in [0.05, 0.1) is 29.3 Å². The van der Waals surface area contributed by atoms with Crippen molar-refractivity contribution < 1.29 is 22.6 Å². The Morgan fingerprint density at radius 1 is 1.06 bits per heavy atom. The number of hydrogen-bond acceptors (Lipinski definition) is 6. The van der Waals surface area contributed by atoms with Gasteiger partial charge in [-0.05, 0) is 41.3 Å². The molecule has 3 rings (SSSR count). The maximum Gasteiger partial charge on any atom is 0.262 e. The summed E-state index contributed by atoms with van der Waals surface area (Å²) in [5.74, 6) is 1.25. The topological polar surface area (TPSA) is 97.7 Å². The molecule has 0 aliphatic carbocycles. The molecule has 0 saturated heterocycles. The number of benzene rings is 3. The zero-order valence-electron chi connectivity index (χ0n) is 20.2. The molecule has 0 aliphatic rings. The number of methoxy groups -OCH3 is 1. The maximum absolute atomic E-state index is 13.3. The van der Waals surface area contributed by atoms with Crippen LogP contribution in [-0.4, -0.2) is 22.1 Å². The molecule has 8 heteroatoms. The number of nitrogens with zero attached hydrogens (tertiary/aromatic N) is 1. The van der Waals surface area contributed by atoms with Crippen LogP contribution in [0.3, 0.4) is 0 Å². The molecule has 0 spiro atoms. The van der Waals surface area contributed by atoms with E-state index < -0.39 is 10.0 Å². The van der Waals surface area contributed by atoms with Gasteiger partial charge in [-0.3, -0.25) is 4.72 Å². The fraction of sp³-hybridized carbons (Fsp3) is 0.222. The number of rotatable bonds is 9. The van der Waals surface area contributed by atoms with Crippen molar-refractivity contribution in [1.29, 1.82) is 5.26 Å². The molecule has 182 valence electrons. The van der Waals surface area contributed by atoms with Crippen LogP contribution in [0.2, 0.25) is 0 Å². The fourth-order valence-electron chi connectivity index (χ4n) is 3.22. The summed E-state index contributed by atoms with van der Waals surface area (Å²) in [7, 11) is -2.47. The number of nitrogens with one attached hydrogen (secondary N) is 1. The Morgan fingerprint density at radius 3 is 2.34 bits per heavy atom. The Labute approximate surface area is 206 Å². The van der Waals surface area contributed by atoms with E-state index >= 15 is 0 Å². The molecule has 0 aromatic heterocycles. The van der Waals surface area contributed by atoms with Crippen LogP contribution in [0.1, 0.15) is 31.9 Å². The minimum atomic E-state index is -4.01. The van der Waals surface area contributed by atoms with E-state index in [1.54, 1.807) is 48.5 Å². The smallest absolute Gasteiger partial charge is 0.262 e. The lowest BCUT2D eigenvalue weighted by atomic mass is 9.87. The Kier molecular flexibility index (Phi) is 7.72. The summed E-state index contributed by atoms with van der Waals surface area (Å²) in [5, 5.41) is 9.52. The molecule has 0 heterocycles. The third-order valence-electron chi connectivity index (χ3n) is 5.08. The maximum atomic E-state index is 13.3. The van der Waals surface area contributed by atoms with Gasteiger partial charge in [0.1, 0.15) is 18.1 Å². The van der Waals surface area contributed by atoms with Crippen molar-refractivity contribution >= 4 is 15.7 Å². The lowest BCUT2D eigenvalue weighted by Gasteiger charge is -2.20. The van der Waals surface area contributed by atoms with E-state index in [1.807, 2.05) is 6.07 Å². The Morgan fingerprint density at radius 2 is 1.74 bits per heavy atom.